The molecule has 1 aromatic carbocycles. The second-order valence-electron chi connectivity index (χ2n) is 5.72. The van der Waals surface area contributed by atoms with Crippen molar-refractivity contribution in [2.45, 2.75) is 39.7 Å². The van der Waals surface area contributed by atoms with Crippen molar-refractivity contribution >= 4 is 11.3 Å². The fourth-order valence-electron chi connectivity index (χ4n) is 1.83. The van der Waals surface area contributed by atoms with Gasteiger partial charge in [-0.25, -0.2) is 4.98 Å². The number of rotatable bonds is 5. The van der Waals surface area contributed by atoms with Gasteiger partial charge in [-0.1, -0.05) is 12.1 Å². The van der Waals surface area contributed by atoms with Crippen LogP contribution in [0.2, 0.25) is 0 Å². The van der Waals surface area contributed by atoms with Gasteiger partial charge in [-0.2, -0.15) is 0 Å². The van der Waals surface area contributed by atoms with Gasteiger partial charge in [0.1, 0.15) is 5.75 Å². The Bertz CT molecular complexity index is 584. The molecule has 0 fully saturated rings. The molecular weight excluding hydrogens is 268 g/mol. The molecule has 0 radical (unpaired) electrons. The quantitative estimate of drug-likeness (QED) is 0.915. The van der Waals surface area contributed by atoms with Crippen molar-refractivity contribution in [3.05, 3.63) is 45.4 Å². The zero-order valence-electron chi connectivity index (χ0n) is 12.6. The van der Waals surface area contributed by atoms with Crippen molar-refractivity contribution in [1.82, 2.24) is 4.98 Å². The summed E-state index contributed by atoms with van der Waals surface area (Å²) in [5.74, 6) is 0.959. The molecule has 3 nitrogen and oxygen atoms in total. The molecule has 2 rings (SSSR count). The van der Waals surface area contributed by atoms with Crippen molar-refractivity contribution < 1.29 is 4.74 Å². The maximum absolute atomic E-state index is 6.04. The predicted molar refractivity (Wildman–Crippen MR) is 84.4 cm³/mol. The third-order valence-electron chi connectivity index (χ3n) is 3.13. The molecule has 20 heavy (non-hydrogen) atoms. The molecule has 0 unspecified atom stereocenters. The number of aryl methyl sites for hydroxylation is 2. The molecule has 0 aliphatic rings. The highest BCUT2D eigenvalue weighted by Gasteiger charge is 2.17. The Labute approximate surface area is 124 Å². The van der Waals surface area contributed by atoms with Crippen LogP contribution in [0.1, 0.15) is 35.7 Å². The number of nitrogens with two attached hydrogens (primary N) is 1. The molecule has 0 spiro atoms. The number of ether oxygens (including phenoxy) is 1. The molecular formula is C16H22N2OS. The van der Waals surface area contributed by atoms with Crippen molar-refractivity contribution in [3.8, 4) is 5.75 Å². The minimum atomic E-state index is -0.372. The fraction of sp³-hybridized carbons (Fsp3) is 0.438. The maximum Gasteiger partial charge on any atom is 0.122 e. The summed E-state index contributed by atoms with van der Waals surface area (Å²) in [6, 6.07) is 6.26. The van der Waals surface area contributed by atoms with Gasteiger partial charge in [-0.05, 0) is 44.9 Å². The number of thiazole rings is 1. The molecule has 4 heteroatoms. The molecule has 108 valence electrons. The zero-order valence-corrected chi connectivity index (χ0v) is 13.4. The van der Waals surface area contributed by atoms with E-state index in [9.17, 15) is 0 Å². The summed E-state index contributed by atoms with van der Waals surface area (Å²) in [6.45, 7) is 8.72. The summed E-state index contributed by atoms with van der Waals surface area (Å²) in [4.78, 5) is 4.57. The number of hydrogen-bond donors (Lipinski definition) is 1. The third kappa shape index (κ3) is 3.81. The Morgan fingerprint density at radius 2 is 2.05 bits per heavy atom. The lowest BCUT2D eigenvalue weighted by molar-refractivity contribution is 0.319. The van der Waals surface area contributed by atoms with E-state index in [0.717, 1.165) is 22.9 Å². The van der Waals surface area contributed by atoms with E-state index in [1.807, 2.05) is 19.2 Å². The molecule has 0 aliphatic carbocycles. The van der Waals surface area contributed by atoms with Gasteiger partial charge < -0.3 is 10.5 Å². The molecule has 0 amide bonds. The second-order valence-corrected chi connectivity index (χ2v) is 6.66. The summed E-state index contributed by atoms with van der Waals surface area (Å²) in [5.41, 5.74) is 9.00. The molecule has 0 atom stereocenters. The first-order valence-corrected chi connectivity index (χ1v) is 7.68. The molecule has 1 aromatic heterocycles. The van der Waals surface area contributed by atoms with Gasteiger partial charge in [0.15, 0.2) is 0 Å². The highest BCUT2D eigenvalue weighted by molar-refractivity contribution is 7.09. The van der Waals surface area contributed by atoms with E-state index in [1.54, 1.807) is 11.3 Å². The molecule has 0 bridgehead atoms. The molecule has 2 N–H and O–H groups in total. The Balaban J connectivity index is 1.93. The lowest BCUT2D eigenvalue weighted by Crippen LogP contribution is -2.29. The molecule has 0 saturated heterocycles. The first-order chi connectivity index (χ1) is 9.36. The Morgan fingerprint density at radius 1 is 1.30 bits per heavy atom. The zero-order chi connectivity index (χ0) is 14.8. The van der Waals surface area contributed by atoms with Gasteiger partial charge >= 0.3 is 0 Å². The van der Waals surface area contributed by atoms with Gasteiger partial charge in [-0.3, -0.25) is 0 Å². The lowest BCUT2D eigenvalue weighted by Gasteiger charge is -2.14. The molecule has 0 saturated carbocycles. The normalized spacial score (nSPS) is 11.7. The van der Waals surface area contributed by atoms with Crippen LogP contribution in [-0.2, 0) is 12.0 Å². The third-order valence-corrected chi connectivity index (χ3v) is 4.04. The number of hydrogen-bond acceptors (Lipinski definition) is 4. The number of aromatic nitrogens is 1. The predicted octanol–water partition coefficient (Wildman–Crippen LogP) is 3.58. The van der Waals surface area contributed by atoms with Crippen LogP contribution < -0.4 is 10.5 Å². The Hall–Kier alpha value is -1.39. The van der Waals surface area contributed by atoms with Gasteiger partial charge in [0, 0.05) is 11.8 Å². The van der Waals surface area contributed by atoms with Crippen LogP contribution in [0.25, 0.3) is 0 Å². The molecule has 2 aromatic rings. The van der Waals surface area contributed by atoms with Crippen LogP contribution in [0, 0.1) is 13.8 Å². The summed E-state index contributed by atoms with van der Waals surface area (Å²) in [6.07, 6.45) is 0.814. The molecule has 0 aliphatic heterocycles. The van der Waals surface area contributed by atoms with E-state index in [4.69, 9.17) is 10.5 Å². The van der Waals surface area contributed by atoms with Crippen molar-refractivity contribution in [2.24, 2.45) is 5.73 Å². The van der Waals surface area contributed by atoms with E-state index in [1.165, 1.54) is 11.1 Å². The van der Waals surface area contributed by atoms with Crippen LogP contribution in [0.5, 0.6) is 5.75 Å². The summed E-state index contributed by atoms with van der Waals surface area (Å²) < 4.78 is 5.85. The first kappa shape index (κ1) is 15.0. The van der Waals surface area contributed by atoms with E-state index >= 15 is 0 Å². The van der Waals surface area contributed by atoms with Crippen LogP contribution in [0.4, 0.5) is 0 Å². The minimum absolute atomic E-state index is 0.372. The van der Waals surface area contributed by atoms with E-state index < -0.39 is 0 Å². The van der Waals surface area contributed by atoms with Gasteiger partial charge in [0.05, 0.1) is 22.8 Å². The first-order valence-electron chi connectivity index (χ1n) is 6.80. The van der Waals surface area contributed by atoms with E-state index in [0.29, 0.717) is 6.61 Å². The summed E-state index contributed by atoms with van der Waals surface area (Å²) in [7, 11) is 0. The Kier molecular flexibility index (Phi) is 4.45. The van der Waals surface area contributed by atoms with Crippen molar-refractivity contribution in [3.63, 3.8) is 0 Å². The monoisotopic (exact) mass is 290 g/mol. The highest BCUT2D eigenvalue weighted by atomic mass is 32.1. The van der Waals surface area contributed by atoms with Gasteiger partial charge in [0.2, 0.25) is 0 Å². The minimum Gasteiger partial charge on any atom is -0.493 e. The van der Waals surface area contributed by atoms with E-state index in [2.05, 4.69) is 37.0 Å². The largest absolute Gasteiger partial charge is 0.493 e. The fourth-order valence-corrected chi connectivity index (χ4v) is 2.79. The van der Waals surface area contributed by atoms with Crippen LogP contribution in [0.3, 0.4) is 0 Å². The van der Waals surface area contributed by atoms with Crippen LogP contribution in [-0.4, -0.2) is 11.6 Å². The van der Waals surface area contributed by atoms with Crippen molar-refractivity contribution in [1.29, 1.82) is 0 Å². The standard InChI is InChI=1S/C16H22N2OS/c1-11-5-6-12(2)13(9-11)19-8-7-15-18-14(10-20-15)16(3,4)17/h5-6,9-10H,7-8,17H2,1-4H3. The number of benzene rings is 1. The van der Waals surface area contributed by atoms with Crippen molar-refractivity contribution in [2.75, 3.05) is 6.61 Å². The van der Waals surface area contributed by atoms with Crippen LogP contribution in [0.15, 0.2) is 23.6 Å². The Morgan fingerprint density at radius 3 is 2.70 bits per heavy atom. The molecule has 1 heterocycles. The highest BCUT2D eigenvalue weighted by Crippen LogP contribution is 2.22. The average Bonchev–Trinajstić information content (AvgIpc) is 2.82. The topological polar surface area (TPSA) is 48.1 Å². The second kappa shape index (κ2) is 5.94. The SMILES string of the molecule is Cc1ccc(C)c(OCCc2nc(C(C)(C)N)cs2)c1. The summed E-state index contributed by atoms with van der Waals surface area (Å²) >= 11 is 1.65. The smallest absolute Gasteiger partial charge is 0.122 e. The van der Waals surface area contributed by atoms with Gasteiger partial charge in [-0.15, -0.1) is 11.3 Å². The number of nitrogens with zero attached hydrogens (tertiary/aromatic N) is 1. The lowest BCUT2D eigenvalue weighted by atomic mass is 10.0. The maximum atomic E-state index is 6.04. The van der Waals surface area contributed by atoms with Gasteiger partial charge in [0.25, 0.3) is 0 Å². The average molecular weight is 290 g/mol. The van der Waals surface area contributed by atoms with Crippen LogP contribution >= 0.6 is 11.3 Å². The summed E-state index contributed by atoms with van der Waals surface area (Å²) in [5, 5.41) is 3.11. The van der Waals surface area contributed by atoms with E-state index in [-0.39, 0.29) is 5.54 Å².